The van der Waals surface area contributed by atoms with Crippen LogP contribution >= 0.6 is 15.9 Å². The highest BCUT2D eigenvalue weighted by atomic mass is 79.9. The first-order valence-electron chi connectivity index (χ1n) is 10.2. The van der Waals surface area contributed by atoms with Crippen molar-refractivity contribution in [2.45, 2.75) is 6.92 Å². The van der Waals surface area contributed by atoms with E-state index in [9.17, 15) is 9.90 Å². The van der Waals surface area contributed by atoms with E-state index in [4.69, 9.17) is 9.68 Å². The van der Waals surface area contributed by atoms with Gasteiger partial charge in [0.2, 0.25) is 0 Å². The van der Waals surface area contributed by atoms with Gasteiger partial charge in [0.05, 0.1) is 23.2 Å². The Hall–Kier alpha value is -3.75. The normalized spacial score (nSPS) is 14.4. The molecule has 1 aromatic heterocycles. The zero-order chi connectivity index (χ0) is 22.9. The quantitative estimate of drug-likeness (QED) is 0.470. The highest BCUT2D eigenvalue weighted by molar-refractivity contribution is 9.10. The predicted molar refractivity (Wildman–Crippen MR) is 127 cm³/mol. The SMILES string of the molecule is Cc1ccc(-c2cc(Br)ccc2OCC2=CC3=CNON3C=C2)n1-c1cccc(C(=O)O)c1. The van der Waals surface area contributed by atoms with Crippen LogP contribution in [0.1, 0.15) is 16.1 Å². The van der Waals surface area contributed by atoms with Crippen molar-refractivity contribution in [1.29, 1.82) is 0 Å². The van der Waals surface area contributed by atoms with Crippen LogP contribution in [-0.2, 0) is 4.94 Å². The second-order valence-electron chi connectivity index (χ2n) is 7.62. The number of hydroxylamine groups is 3. The van der Waals surface area contributed by atoms with Gasteiger partial charge < -0.3 is 14.4 Å². The number of nitrogens with one attached hydrogen (secondary N) is 1. The van der Waals surface area contributed by atoms with Crippen molar-refractivity contribution < 1.29 is 19.6 Å². The fraction of sp³-hybridized carbons (Fsp3) is 0.0800. The summed E-state index contributed by atoms with van der Waals surface area (Å²) in [5.41, 5.74) is 8.41. The molecular formula is C25H20BrN3O4. The molecule has 0 bridgehead atoms. The van der Waals surface area contributed by atoms with E-state index in [1.54, 1.807) is 29.5 Å². The summed E-state index contributed by atoms with van der Waals surface area (Å²) in [6.07, 6.45) is 7.53. The molecule has 2 N–H and O–H groups in total. The average Bonchev–Trinajstić information content (AvgIpc) is 3.44. The highest BCUT2D eigenvalue weighted by Crippen LogP contribution is 2.36. The first-order chi connectivity index (χ1) is 16.0. The predicted octanol–water partition coefficient (Wildman–Crippen LogP) is 5.34. The second-order valence-corrected chi connectivity index (χ2v) is 8.53. The summed E-state index contributed by atoms with van der Waals surface area (Å²) in [4.78, 5) is 16.7. The molecule has 0 spiro atoms. The van der Waals surface area contributed by atoms with Gasteiger partial charge in [0.25, 0.3) is 0 Å². The molecule has 2 aromatic carbocycles. The number of carbonyl (C=O) groups is 1. The van der Waals surface area contributed by atoms with E-state index < -0.39 is 5.97 Å². The first-order valence-corrected chi connectivity index (χ1v) is 11.0. The number of rotatable bonds is 6. The van der Waals surface area contributed by atoms with E-state index in [-0.39, 0.29) is 5.56 Å². The van der Waals surface area contributed by atoms with E-state index in [1.807, 2.05) is 66.2 Å². The Kier molecular flexibility index (Phi) is 5.53. The Morgan fingerprint density at radius 2 is 2.06 bits per heavy atom. The molecule has 7 nitrogen and oxygen atoms in total. The minimum Gasteiger partial charge on any atom is -0.488 e. The van der Waals surface area contributed by atoms with Gasteiger partial charge in [-0.3, -0.25) is 0 Å². The van der Waals surface area contributed by atoms with Crippen molar-refractivity contribution in [2.24, 2.45) is 0 Å². The molecule has 0 radical (unpaired) electrons. The Morgan fingerprint density at radius 1 is 1.18 bits per heavy atom. The summed E-state index contributed by atoms with van der Waals surface area (Å²) >= 11 is 3.57. The second kappa shape index (κ2) is 8.65. The Morgan fingerprint density at radius 3 is 2.91 bits per heavy atom. The smallest absolute Gasteiger partial charge is 0.335 e. The average molecular weight is 506 g/mol. The molecule has 2 aliphatic rings. The number of carboxylic acid groups (broad SMARTS) is 1. The minimum absolute atomic E-state index is 0.238. The first kappa shape index (κ1) is 21.1. The number of benzene rings is 2. The number of hydrogen-bond acceptors (Lipinski definition) is 5. The number of allylic oxidation sites excluding steroid dienone is 1. The molecule has 0 saturated carbocycles. The van der Waals surface area contributed by atoms with Crippen LogP contribution < -0.4 is 10.2 Å². The van der Waals surface area contributed by atoms with Crippen molar-refractivity contribution in [2.75, 3.05) is 6.61 Å². The molecule has 0 aliphatic carbocycles. The maximum absolute atomic E-state index is 11.5. The van der Waals surface area contributed by atoms with Crippen molar-refractivity contribution in [1.82, 2.24) is 15.1 Å². The topological polar surface area (TPSA) is 76.0 Å². The van der Waals surface area contributed by atoms with Gasteiger partial charge in [-0.15, -0.1) is 0 Å². The standard InChI is InChI=1S/C25H20BrN3O4/c1-16-5-7-23(29(16)20-4-2-3-18(12-20)25(30)31)22-13-19(26)6-8-24(22)32-15-17-9-10-28-21(11-17)14-27-33-28/h2-14,27H,15H2,1H3,(H,30,31). The summed E-state index contributed by atoms with van der Waals surface area (Å²) in [5, 5.41) is 11.1. The number of ether oxygens (including phenoxy) is 1. The third-order valence-corrected chi connectivity index (χ3v) is 5.90. The van der Waals surface area contributed by atoms with Gasteiger partial charge in [-0.1, -0.05) is 22.0 Å². The van der Waals surface area contributed by atoms with Crippen LogP contribution in [0.5, 0.6) is 5.75 Å². The van der Waals surface area contributed by atoms with Gasteiger partial charge in [-0.05, 0) is 73.2 Å². The van der Waals surface area contributed by atoms with Crippen LogP contribution in [0.15, 0.2) is 94.9 Å². The number of aromatic nitrogens is 1. The molecule has 8 heteroatoms. The molecule has 0 unspecified atom stereocenters. The summed E-state index contributed by atoms with van der Waals surface area (Å²) in [5.74, 6) is -0.238. The van der Waals surface area contributed by atoms with E-state index in [2.05, 4.69) is 21.4 Å². The van der Waals surface area contributed by atoms with Gasteiger partial charge >= 0.3 is 5.97 Å². The zero-order valence-electron chi connectivity index (χ0n) is 17.7. The van der Waals surface area contributed by atoms with Crippen molar-refractivity contribution in [3.63, 3.8) is 0 Å². The van der Waals surface area contributed by atoms with E-state index >= 15 is 0 Å². The molecule has 33 heavy (non-hydrogen) atoms. The molecule has 5 rings (SSSR count). The van der Waals surface area contributed by atoms with Crippen molar-refractivity contribution >= 4 is 21.9 Å². The Bertz CT molecular complexity index is 1340. The number of aryl methyl sites for hydroxylation is 1. The number of hydrogen-bond donors (Lipinski definition) is 2. The monoisotopic (exact) mass is 505 g/mol. The number of nitrogens with zero attached hydrogens (tertiary/aromatic N) is 2. The van der Waals surface area contributed by atoms with E-state index in [0.29, 0.717) is 6.61 Å². The van der Waals surface area contributed by atoms with Crippen LogP contribution in [0.4, 0.5) is 0 Å². The fourth-order valence-corrected chi connectivity index (χ4v) is 4.19. The van der Waals surface area contributed by atoms with Gasteiger partial charge in [-0.25, -0.2) is 15.3 Å². The van der Waals surface area contributed by atoms with Gasteiger partial charge in [0.15, 0.2) is 0 Å². The number of halogens is 1. The molecule has 0 atom stereocenters. The van der Waals surface area contributed by atoms with Crippen LogP contribution in [0, 0.1) is 6.92 Å². The maximum atomic E-state index is 11.5. The molecule has 0 fully saturated rings. The highest BCUT2D eigenvalue weighted by Gasteiger charge is 2.18. The lowest BCUT2D eigenvalue weighted by atomic mass is 10.1. The van der Waals surface area contributed by atoms with Crippen molar-refractivity contribution in [3.05, 3.63) is 106 Å². The molecule has 166 valence electrons. The number of fused-ring (bicyclic) bond motifs is 1. The fourth-order valence-electron chi connectivity index (χ4n) is 3.83. The molecule has 0 amide bonds. The summed E-state index contributed by atoms with van der Waals surface area (Å²) < 4.78 is 9.19. The lowest BCUT2D eigenvalue weighted by Crippen LogP contribution is -2.17. The maximum Gasteiger partial charge on any atom is 0.335 e. The largest absolute Gasteiger partial charge is 0.488 e. The van der Waals surface area contributed by atoms with E-state index in [1.165, 1.54) is 0 Å². The Labute approximate surface area is 198 Å². The summed E-state index contributed by atoms with van der Waals surface area (Å²) in [6.45, 7) is 2.37. The van der Waals surface area contributed by atoms with Crippen LogP contribution in [0.25, 0.3) is 16.9 Å². The minimum atomic E-state index is -0.958. The third kappa shape index (κ3) is 4.18. The van der Waals surface area contributed by atoms with Crippen molar-refractivity contribution in [3.8, 4) is 22.7 Å². The van der Waals surface area contributed by atoms with Crippen LogP contribution in [0.2, 0.25) is 0 Å². The summed E-state index contributed by atoms with van der Waals surface area (Å²) in [7, 11) is 0. The van der Waals surface area contributed by atoms with Gasteiger partial charge in [-0.2, -0.15) is 4.94 Å². The third-order valence-electron chi connectivity index (χ3n) is 5.41. The Balaban J connectivity index is 1.50. The van der Waals surface area contributed by atoms with Crippen LogP contribution in [0.3, 0.4) is 0 Å². The number of carboxylic acids is 1. The zero-order valence-corrected chi connectivity index (χ0v) is 19.2. The van der Waals surface area contributed by atoms with Gasteiger partial charge in [0.1, 0.15) is 12.4 Å². The lowest BCUT2D eigenvalue weighted by Gasteiger charge is -2.19. The molecule has 3 heterocycles. The molecule has 0 saturated heterocycles. The van der Waals surface area contributed by atoms with E-state index in [0.717, 1.165) is 44.1 Å². The lowest BCUT2D eigenvalue weighted by molar-refractivity contribution is -0.112. The molecule has 3 aromatic rings. The molecular weight excluding hydrogens is 486 g/mol. The number of aromatic carboxylic acids is 1. The molecule has 2 aliphatic heterocycles. The van der Waals surface area contributed by atoms with Crippen LogP contribution in [-0.4, -0.2) is 27.3 Å². The summed E-state index contributed by atoms with van der Waals surface area (Å²) in [6, 6.07) is 16.8. The van der Waals surface area contributed by atoms with Gasteiger partial charge in [0, 0.05) is 27.6 Å².